The van der Waals surface area contributed by atoms with E-state index in [4.69, 9.17) is 9.84 Å². The number of halogens is 3. The first-order valence-corrected chi connectivity index (χ1v) is 13.8. The zero-order valence-electron chi connectivity index (χ0n) is 22.9. The number of aromatic nitrogens is 2. The van der Waals surface area contributed by atoms with Gasteiger partial charge in [0.1, 0.15) is 11.9 Å². The maximum absolute atomic E-state index is 13.5. The van der Waals surface area contributed by atoms with Gasteiger partial charge >= 0.3 is 12.5 Å². The quantitative estimate of drug-likeness (QED) is 0.373. The number of fused-ring (bicyclic) bond motifs is 1. The van der Waals surface area contributed by atoms with E-state index in [0.29, 0.717) is 64.2 Å². The van der Waals surface area contributed by atoms with E-state index in [9.17, 15) is 27.6 Å². The van der Waals surface area contributed by atoms with Gasteiger partial charge in [-0.15, -0.1) is 13.2 Å². The lowest BCUT2D eigenvalue weighted by atomic mass is 10.1. The molecule has 3 heterocycles. The van der Waals surface area contributed by atoms with Crippen LogP contribution in [0, 0.1) is 0 Å². The Labute approximate surface area is 243 Å². The van der Waals surface area contributed by atoms with E-state index in [2.05, 4.69) is 20.4 Å². The topological polar surface area (TPSA) is 138 Å². The van der Waals surface area contributed by atoms with Gasteiger partial charge in [0.15, 0.2) is 5.75 Å². The number of benzene rings is 2. The van der Waals surface area contributed by atoms with Crippen LogP contribution >= 0.6 is 0 Å². The number of carbonyl (C=O) groups excluding carboxylic acids is 1. The Balaban J connectivity index is 1.29. The van der Waals surface area contributed by atoms with E-state index in [1.807, 2.05) is 9.80 Å². The molecule has 1 saturated carbocycles. The molecule has 2 aromatic carbocycles. The van der Waals surface area contributed by atoms with Crippen molar-refractivity contribution in [2.24, 2.45) is 0 Å². The molecule has 6 rings (SSSR count). The number of morpholine rings is 1. The monoisotopic (exact) mass is 602 g/mol. The largest absolute Gasteiger partial charge is 0.573 e. The Morgan fingerprint density at radius 2 is 1.81 bits per heavy atom. The van der Waals surface area contributed by atoms with Crippen LogP contribution < -0.4 is 25.8 Å². The lowest BCUT2D eigenvalue weighted by molar-refractivity contribution is -0.274. The summed E-state index contributed by atoms with van der Waals surface area (Å²) in [5.41, 5.74) is -0.142. The lowest BCUT2D eigenvalue weighted by Crippen LogP contribution is -2.51. The van der Waals surface area contributed by atoms with Crippen molar-refractivity contribution >= 4 is 34.3 Å². The minimum absolute atomic E-state index is 0.187. The van der Waals surface area contributed by atoms with Gasteiger partial charge in [0, 0.05) is 31.9 Å². The highest BCUT2D eigenvalue weighted by molar-refractivity contribution is 6.01. The Bertz CT molecular complexity index is 1620. The smallest absolute Gasteiger partial charge is 0.465 e. The van der Waals surface area contributed by atoms with Crippen LogP contribution in [0.25, 0.3) is 16.6 Å². The van der Waals surface area contributed by atoms with E-state index in [0.717, 1.165) is 11.8 Å². The van der Waals surface area contributed by atoms with E-state index < -0.39 is 35.2 Å². The summed E-state index contributed by atoms with van der Waals surface area (Å²) in [6.07, 6.45) is -3.04. The highest BCUT2D eigenvalue weighted by atomic mass is 19.4. The zero-order valence-corrected chi connectivity index (χ0v) is 22.9. The van der Waals surface area contributed by atoms with Crippen molar-refractivity contribution in [1.82, 2.24) is 19.8 Å². The first kappa shape index (κ1) is 28.7. The fourth-order valence-corrected chi connectivity index (χ4v) is 5.79. The van der Waals surface area contributed by atoms with Crippen LogP contribution in [0.15, 0.2) is 47.5 Å². The number of hydrogen-bond acceptors (Lipinski definition) is 8. The summed E-state index contributed by atoms with van der Waals surface area (Å²) in [6.45, 7) is 3.11. The molecule has 2 aliphatic heterocycles. The Kier molecular flexibility index (Phi) is 7.38. The molecule has 2 saturated heterocycles. The van der Waals surface area contributed by atoms with Crippen molar-refractivity contribution < 1.29 is 37.3 Å². The van der Waals surface area contributed by atoms with Gasteiger partial charge in [0.2, 0.25) is 5.91 Å². The number of anilines is 2. The number of rotatable bonds is 7. The summed E-state index contributed by atoms with van der Waals surface area (Å²) in [6, 6.07) is 8.48. The number of ether oxygens (including phenoxy) is 2. The second-order valence-corrected chi connectivity index (χ2v) is 10.8. The molecule has 15 heteroatoms. The minimum atomic E-state index is -5.00. The molecule has 3 aliphatic rings. The average Bonchev–Trinajstić information content (AvgIpc) is 3.66. The number of amides is 2. The molecule has 3 N–H and O–H groups in total. The maximum atomic E-state index is 13.5. The van der Waals surface area contributed by atoms with E-state index in [-0.39, 0.29) is 22.8 Å². The molecule has 1 aromatic heterocycles. The molecule has 0 spiro atoms. The van der Waals surface area contributed by atoms with Crippen molar-refractivity contribution in [3.05, 3.63) is 53.1 Å². The minimum Gasteiger partial charge on any atom is -0.465 e. The van der Waals surface area contributed by atoms with Gasteiger partial charge < -0.3 is 30.1 Å². The van der Waals surface area contributed by atoms with E-state index in [1.54, 1.807) is 18.2 Å². The molecule has 43 heavy (non-hydrogen) atoms. The third-order valence-electron chi connectivity index (χ3n) is 8.10. The number of hydrogen-bond donors (Lipinski definition) is 3. The summed E-state index contributed by atoms with van der Waals surface area (Å²) < 4.78 is 50.4. The molecule has 0 bridgehead atoms. The number of carbonyl (C=O) groups is 2. The van der Waals surface area contributed by atoms with E-state index >= 15 is 0 Å². The van der Waals surface area contributed by atoms with Crippen LogP contribution in [0.5, 0.6) is 5.75 Å². The van der Waals surface area contributed by atoms with Gasteiger partial charge in [0.05, 0.1) is 41.5 Å². The van der Waals surface area contributed by atoms with Gasteiger partial charge in [-0.05, 0) is 55.7 Å². The van der Waals surface area contributed by atoms with Crippen molar-refractivity contribution in [2.75, 3.05) is 49.6 Å². The molecule has 3 fully saturated rings. The first-order valence-electron chi connectivity index (χ1n) is 13.8. The molecule has 1 aliphatic carbocycles. The van der Waals surface area contributed by atoms with Gasteiger partial charge in [0.25, 0.3) is 5.56 Å². The third-order valence-corrected chi connectivity index (χ3v) is 8.10. The van der Waals surface area contributed by atoms with E-state index in [1.165, 1.54) is 23.0 Å². The van der Waals surface area contributed by atoms with Crippen molar-refractivity contribution in [3.63, 3.8) is 0 Å². The molecule has 12 nitrogen and oxygen atoms in total. The van der Waals surface area contributed by atoms with Gasteiger partial charge in [-0.25, -0.2) is 9.78 Å². The van der Waals surface area contributed by atoms with Gasteiger partial charge in [-0.1, -0.05) is 0 Å². The highest BCUT2D eigenvalue weighted by Crippen LogP contribution is 2.44. The van der Waals surface area contributed by atoms with Crippen LogP contribution in [0.3, 0.4) is 0 Å². The summed E-state index contributed by atoms with van der Waals surface area (Å²) >= 11 is 0. The number of nitrogens with one attached hydrogen (secondary N) is 2. The SMILES string of the molecule is O=C(O)NC1CCN(c2ccc3c(=O)n(-c4ccc(OC(F)(F)F)c(NC(=O)C5(N6CCOCC6)CC5)c4)cnc3c2)C1. The fraction of sp³-hybridized carbons (Fsp3) is 0.429. The van der Waals surface area contributed by atoms with Crippen LogP contribution in [-0.4, -0.2) is 88.9 Å². The summed E-state index contributed by atoms with van der Waals surface area (Å²) in [7, 11) is 0. The average molecular weight is 603 g/mol. The Morgan fingerprint density at radius 1 is 1.07 bits per heavy atom. The molecule has 1 atom stereocenters. The normalized spacial score (nSPS) is 20.2. The highest BCUT2D eigenvalue weighted by Gasteiger charge is 2.54. The maximum Gasteiger partial charge on any atom is 0.573 e. The number of carboxylic acid groups (broad SMARTS) is 1. The van der Waals surface area contributed by atoms with Crippen molar-refractivity contribution in [2.45, 2.75) is 37.2 Å². The predicted molar refractivity (Wildman–Crippen MR) is 149 cm³/mol. The predicted octanol–water partition coefficient (Wildman–Crippen LogP) is 2.93. The van der Waals surface area contributed by atoms with Crippen molar-refractivity contribution in [1.29, 1.82) is 0 Å². The Morgan fingerprint density at radius 3 is 2.51 bits per heavy atom. The molecular formula is C28H29F3N6O6. The summed E-state index contributed by atoms with van der Waals surface area (Å²) in [4.78, 5) is 46.2. The molecule has 2 amide bonds. The standard InChI is InChI=1S/C28H29F3N6O6/c29-28(30,31)43-23-4-2-19(14-22(23)34-25(39)27(6-7-27)36-9-11-42-12-10-36)37-16-32-21-13-18(1-3-20(21)24(37)38)35-8-5-17(15-35)33-26(40)41/h1-4,13-14,16-17,33H,5-12,15H2,(H,34,39)(H,40,41). The van der Waals surface area contributed by atoms with Crippen molar-refractivity contribution in [3.8, 4) is 11.4 Å². The molecular weight excluding hydrogens is 573 g/mol. The van der Waals surface area contributed by atoms with Crippen LogP contribution in [-0.2, 0) is 9.53 Å². The first-order chi connectivity index (χ1) is 20.5. The molecule has 228 valence electrons. The van der Waals surface area contributed by atoms with Crippen LogP contribution in [0.4, 0.5) is 29.3 Å². The zero-order chi connectivity index (χ0) is 30.4. The Hall–Kier alpha value is -4.37. The molecule has 1 unspecified atom stereocenters. The number of alkyl halides is 3. The summed E-state index contributed by atoms with van der Waals surface area (Å²) in [5.74, 6) is -1.05. The fourth-order valence-electron chi connectivity index (χ4n) is 5.79. The lowest BCUT2D eigenvalue weighted by Gasteiger charge is -2.34. The third kappa shape index (κ3) is 5.95. The summed E-state index contributed by atoms with van der Waals surface area (Å²) in [5, 5.41) is 14.4. The molecule has 3 aromatic rings. The number of nitrogens with zero attached hydrogens (tertiary/aromatic N) is 4. The van der Waals surface area contributed by atoms with Crippen LogP contribution in [0.1, 0.15) is 19.3 Å². The second kappa shape index (κ2) is 11.0. The second-order valence-electron chi connectivity index (χ2n) is 10.8. The van der Waals surface area contributed by atoms with Gasteiger partial charge in [-0.2, -0.15) is 0 Å². The van der Waals surface area contributed by atoms with Crippen LogP contribution in [0.2, 0.25) is 0 Å². The molecule has 0 radical (unpaired) electrons. The van der Waals surface area contributed by atoms with Gasteiger partial charge in [-0.3, -0.25) is 19.1 Å².